The van der Waals surface area contributed by atoms with Crippen LogP contribution < -0.4 is 0 Å². The molecule has 86 valence electrons. The van der Waals surface area contributed by atoms with Crippen LogP contribution in [-0.2, 0) is 0 Å². The average Bonchev–Trinajstić information content (AvgIpc) is 2.72. The fourth-order valence-corrected chi connectivity index (χ4v) is 1.61. The Morgan fingerprint density at radius 2 is 2.35 bits per heavy atom. The number of nitro groups is 1. The molecule has 17 heavy (non-hydrogen) atoms. The van der Waals surface area contributed by atoms with Gasteiger partial charge in [-0.2, -0.15) is 5.10 Å². The number of nitro benzene ring substituents is 1. The zero-order valence-electron chi connectivity index (χ0n) is 8.74. The number of halogens is 1. The normalized spacial score (nSPS) is 9.94. The fourth-order valence-electron chi connectivity index (χ4n) is 1.41. The van der Waals surface area contributed by atoms with Gasteiger partial charge in [0.15, 0.2) is 0 Å². The van der Waals surface area contributed by atoms with E-state index in [0.717, 1.165) is 17.1 Å². The average molecular weight is 294 g/mol. The molecule has 5 nitrogen and oxygen atoms in total. The minimum Gasteiger partial charge on any atom is -0.269 e. The molecule has 0 saturated heterocycles. The number of nitrogens with one attached hydrogen (secondary N) is 1. The number of hydrogen-bond acceptors (Lipinski definition) is 3. The smallest absolute Gasteiger partial charge is 0.269 e. The van der Waals surface area contributed by atoms with Crippen molar-refractivity contribution in [2.45, 2.75) is 6.42 Å². The molecule has 0 aliphatic carbocycles. The number of H-pyrrole nitrogens is 1. The second-order valence-corrected chi connectivity index (χ2v) is 4.09. The minimum absolute atomic E-state index is 0.0315. The van der Waals surface area contributed by atoms with Gasteiger partial charge in [0.25, 0.3) is 5.69 Å². The third kappa shape index (κ3) is 2.45. The molecule has 1 aromatic heterocycles. The molecule has 1 aromatic carbocycles. The van der Waals surface area contributed by atoms with Crippen molar-refractivity contribution in [1.82, 2.24) is 10.2 Å². The van der Waals surface area contributed by atoms with Crippen LogP contribution in [-0.4, -0.2) is 20.5 Å². The molecule has 0 spiro atoms. The lowest BCUT2D eigenvalue weighted by atomic mass is 10.2. The Morgan fingerprint density at radius 1 is 1.53 bits per heavy atom. The van der Waals surface area contributed by atoms with E-state index in [9.17, 15) is 10.1 Å². The number of aromatic nitrogens is 2. The molecule has 0 fully saturated rings. The Hall–Kier alpha value is -1.87. The summed E-state index contributed by atoms with van der Waals surface area (Å²) < 4.78 is 0. The number of alkyl halides is 1. The highest BCUT2D eigenvalue weighted by Gasteiger charge is 2.09. The lowest BCUT2D eigenvalue weighted by molar-refractivity contribution is -0.384. The maximum absolute atomic E-state index is 10.6. The molecule has 6 heteroatoms. The van der Waals surface area contributed by atoms with Crippen LogP contribution in [0.25, 0.3) is 10.9 Å². The van der Waals surface area contributed by atoms with Crippen LogP contribution in [0.1, 0.15) is 12.1 Å². The van der Waals surface area contributed by atoms with Crippen LogP contribution in [0.2, 0.25) is 0 Å². The van der Waals surface area contributed by atoms with Crippen molar-refractivity contribution in [2.24, 2.45) is 0 Å². The first-order valence-corrected chi connectivity index (χ1v) is 6.02. The molecule has 1 heterocycles. The molecular weight excluding hydrogens is 286 g/mol. The maximum atomic E-state index is 10.6. The molecule has 0 amide bonds. The summed E-state index contributed by atoms with van der Waals surface area (Å²) in [6, 6.07) is 4.55. The SMILES string of the molecule is O=[N+]([O-])c1ccc2c(C#CCCBr)[nH]nc2c1. The summed E-state index contributed by atoms with van der Waals surface area (Å²) in [6.07, 6.45) is 0.744. The Bertz CT molecular complexity index is 624. The molecule has 1 N–H and O–H groups in total. The first-order chi connectivity index (χ1) is 8.22. The summed E-state index contributed by atoms with van der Waals surface area (Å²) in [5, 5.41) is 19.0. The molecular formula is C11H8BrN3O2. The van der Waals surface area contributed by atoms with Crippen LogP contribution in [0.5, 0.6) is 0 Å². The summed E-state index contributed by atoms with van der Waals surface area (Å²) in [6.45, 7) is 0. The van der Waals surface area contributed by atoms with Crippen molar-refractivity contribution >= 4 is 32.5 Å². The van der Waals surface area contributed by atoms with E-state index < -0.39 is 4.92 Å². The number of rotatable bonds is 2. The summed E-state index contributed by atoms with van der Waals surface area (Å²) >= 11 is 3.29. The standard InChI is InChI=1S/C11H8BrN3O2/c12-6-2-1-3-10-9-5-4-8(15(16)17)7-11(9)14-13-10/h4-5,7H,2,6H2,(H,13,14). The Balaban J connectivity index is 2.42. The highest BCUT2D eigenvalue weighted by Crippen LogP contribution is 2.20. The fraction of sp³-hybridized carbons (Fsp3) is 0.182. The Labute approximate surface area is 105 Å². The molecule has 0 aliphatic heterocycles. The van der Waals surface area contributed by atoms with Crippen LogP contribution >= 0.6 is 15.9 Å². The predicted octanol–water partition coefficient (Wildman–Crippen LogP) is 2.61. The number of hydrogen-bond donors (Lipinski definition) is 1. The summed E-state index contributed by atoms with van der Waals surface area (Å²) in [4.78, 5) is 10.2. The molecule has 0 atom stereocenters. The van der Waals surface area contributed by atoms with E-state index in [1.807, 2.05) is 0 Å². The van der Waals surface area contributed by atoms with Crippen molar-refractivity contribution in [3.63, 3.8) is 0 Å². The van der Waals surface area contributed by atoms with Gasteiger partial charge in [0.2, 0.25) is 0 Å². The van der Waals surface area contributed by atoms with Crippen molar-refractivity contribution in [2.75, 3.05) is 5.33 Å². The van der Waals surface area contributed by atoms with Gasteiger partial charge in [-0.05, 0) is 12.0 Å². The quantitative estimate of drug-likeness (QED) is 0.400. The van der Waals surface area contributed by atoms with Crippen LogP contribution in [0.3, 0.4) is 0 Å². The van der Waals surface area contributed by atoms with Gasteiger partial charge in [0.1, 0.15) is 11.2 Å². The van der Waals surface area contributed by atoms with Gasteiger partial charge in [-0.3, -0.25) is 15.2 Å². The van der Waals surface area contributed by atoms with E-state index in [1.54, 1.807) is 6.07 Å². The van der Waals surface area contributed by atoms with Crippen LogP contribution in [0.4, 0.5) is 5.69 Å². The van der Waals surface area contributed by atoms with Gasteiger partial charge in [0, 0.05) is 29.3 Å². The highest BCUT2D eigenvalue weighted by molar-refractivity contribution is 9.09. The van der Waals surface area contributed by atoms with Crippen molar-refractivity contribution in [1.29, 1.82) is 0 Å². The van der Waals surface area contributed by atoms with Crippen LogP contribution in [0, 0.1) is 22.0 Å². The highest BCUT2D eigenvalue weighted by atomic mass is 79.9. The maximum Gasteiger partial charge on any atom is 0.271 e. The van der Waals surface area contributed by atoms with Crippen molar-refractivity contribution in [3.8, 4) is 11.8 Å². The molecule has 2 aromatic rings. The van der Waals surface area contributed by atoms with Gasteiger partial charge in [0.05, 0.1) is 4.92 Å². The lowest BCUT2D eigenvalue weighted by Gasteiger charge is -1.90. The monoisotopic (exact) mass is 293 g/mol. The van der Waals surface area contributed by atoms with Gasteiger partial charge in [-0.1, -0.05) is 21.9 Å². The number of benzene rings is 1. The number of non-ortho nitro benzene ring substituents is 1. The summed E-state index contributed by atoms with van der Waals surface area (Å²) in [7, 11) is 0. The molecule has 0 radical (unpaired) electrons. The van der Waals surface area contributed by atoms with E-state index in [4.69, 9.17) is 0 Å². The zero-order valence-corrected chi connectivity index (χ0v) is 10.3. The topological polar surface area (TPSA) is 71.8 Å². The molecule has 0 bridgehead atoms. The van der Waals surface area contributed by atoms with Gasteiger partial charge >= 0.3 is 0 Å². The van der Waals surface area contributed by atoms with Gasteiger partial charge < -0.3 is 0 Å². The Morgan fingerprint density at radius 3 is 3.06 bits per heavy atom. The van der Waals surface area contributed by atoms with Crippen molar-refractivity contribution in [3.05, 3.63) is 34.0 Å². The molecule has 2 rings (SSSR count). The van der Waals surface area contributed by atoms with E-state index in [1.165, 1.54) is 12.1 Å². The minimum atomic E-state index is -0.440. The molecule has 0 unspecified atom stereocenters. The van der Waals surface area contributed by atoms with E-state index >= 15 is 0 Å². The zero-order chi connectivity index (χ0) is 12.3. The van der Waals surface area contributed by atoms with E-state index in [-0.39, 0.29) is 5.69 Å². The summed E-state index contributed by atoms with van der Waals surface area (Å²) in [5.74, 6) is 5.91. The number of aromatic amines is 1. The molecule has 0 aliphatic rings. The third-order valence-electron chi connectivity index (χ3n) is 2.18. The second-order valence-electron chi connectivity index (χ2n) is 3.30. The number of nitrogens with zero attached hydrogens (tertiary/aromatic N) is 2. The summed E-state index contributed by atoms with van der Waals surface area (Å²) in [5.41, 5.74) is 1.28. The number of fused-ring (bicyclic) bond motifs is 1. The first-order valence-electron chi connectivity index (χ1n) is 4.89. The van der Waals surface area contributed by atoms with Gasteiger partial charge in [-0.25, -0.2) is 0 Å². The lowest BCUT2D eigenvalue weighted by Crippen LogP contribution is -1.86. The second kappa shape index (κ2) is 4.97. The third-order valence-corrected chi connectivity index (χ3v) is 2.58. The van der Waals surface area contributed by atoms with E-state index in [0.29, 0.717) is 11.2 Å². The van der Waals surface area contributed by atoms with Crippen LogP contribution in [0.15, 0.2) is 18.2 Å². The Kier molecular flexibility index (Phi) is 3.40. The predicted molar refractivity (Wildman–Crippen MR) is 68.0 cm³/mol. The largest absolute Gasteiger partial charge is 0.271 e. The first kappa shape index (κ1) is 11.6. The van der Waals surface area contributed by atoms with Crippen molar-refractivity contribution < 1.29 is 4.92 Å². The molecule has 0 saturated carbocycles. The van der Waals surface area contributed by atoms with E-state index in [2.05, 4.69) is 38.0 Å². The van der Waals surface area contributed by atoms with Gasteiger partial charge in [-0.15, -0.1) is 0 Å².